The Kier molecular flexibility index (Phi) is 7.27. The molecule has 0 fully saturated rings. The molecule has 2 rings (SSSR count). The molecule has 0 amide bonds. The summed E-state index contributed by atoms with van der Waals surface area (Å²) < 4.78 is 5.22. The van der Waals surface area contributed by atoms with Crippen molar-refractivity contribution >= 4 is 0 Å². The molecule has 0 aliphatic carbocycles. The molecule has 0 aliphatic rings. The van der Waals surface area contributed by atoms with Gasteiger partial charge in [0.05, 0.1) is 12.7 Å². The quantitative estimate of drug-likeness (QED) is 0.772. The van der Waals surface area contributed by atoms with Crippen molar-refractivity contribution in [3.05, 3.63) is 71.3 Å². The summed E-state index contributed by atoms with van der Waals surface area (Å²) in [5.74, 6) is 0. The van der Waals surface area contributed by atoms with Crippen LogP contribution in [0.3, 0.4) is 0 Å². The first kappa shape index (κ1) is 17.7. The Balaban J connectivity index is 1.96. The van der Waals surface area contributed by atoms with E-state index in [9.17, 15) is 5.11 Å². The zero-order chi connectivity index (χ0) is 16.5. The standard InChI is InChI=1S/C20H27NO2/c1-17-8-6-7-11-19(17)15-21(12-13-23-2)16-20(22)14-18-9-4-3-5-10-18/h3-11,20,22H,12-16H2,1-2H3/t20-/m1/s1. The lowest BCUT2D eigenvalue weighted by Crippen LogP contribution is -2.35. The van der Waals surface area contributed by atoms with Crippen molar-refractivity contribution in [2.75, 3.05) is 26.8 Å². The summed E-state index contributed by atoms with van der Waals surface area (Å²) in [6.45, 7) is 5.10. The van der Waals surface area contributed by atoms with Gasteiger partial charge in [-0.15, -0.1) is 0 Å². The molecule has 0 bridgehead atoms. The third-order valence-electron chi connectivity index (χ3n) is 4.05. The van der Waals surface area contributed by atoms with Crippen molar-refractivity contribution < 1.29 is 9.84 Å². The number of benzene rings is 2. The highest BCUT2D eigenvalue weighted by Crippen LogP contribution is 2.12. The first-order valence-electron chi connectivity index (χ1n) is 8.17. The van der Waals surface area contributed by atoms with Gasteiger partial charge in [-0.2, -0.15) is 0 Å². The van der Waals surface area contributed by atoms with Crippen LogP contribution in [0, 0.1) is 6.92 Å². The van der Waals surface area contributed by atoms with Crippen molar-refractivity contribution in [3.8, 4) is 0 Å². The Bertz CT molecular complexity index is 571. The zero-order valence-electron chi connectivity index (χ0n) is 14.1. The summed E-state index contributed by atoms with van der Waals surface area (Å²) in [7, 11) is 1.71. The van der Waals surface area contributed by atoms with Crippen molar-refractivity contribution in [1.82, 2.24) is 4.90 Å². The van der Waals surface area contributed by atoms with Gasteiger partial charge in [-0.25, -0.2) is 0 Å². The topological polar surface area (TPSA) is 32.7 Å². The predicted molar refractivity (Wildman–Crippen MR) is 94.5 cm³/mol. The molecule has 2 aromatic carbocycles. The third kappa shape index (κ3) is 6.14. The molecule has 0 unspecified atom stereocenters. The molecule has 0 saturated carbocycles. The maximum absolute atomic E-state index is 10.4. The lowest BCUT2D eigenvalue weighted by molar-refractivity contribution is 0.0850. The normalized spacial score (nSPS) is 12.5. The van der Waals surface area contributed by atoms with E-state index in [4.69, 9.17) is 4.74 Å². The Morgan fingerprint density at radius 1 is 1.04 bits per heavy atom. The number of aliphatic hydroxyl groups is 1. The molecule has 3 heteroatoms. The summed E-state index contributed by atoms with van der Waals surface area (Å²) in [6, 6.07) is 18.5. The average Bonchev–Trinajstić information content (AvgIpc) is 2.55. The van der Waals surface area contributed by atoms with Crippen LogP contribution < -0.4 is 0 Å². The largest absolute Gasteiger partial charge is 0.391 e. The third-order valence-corrected chi connectivity index (χ3v) is 4.05. The fourth-order valence-corrected chi connectivity index (χ4v) is 2.73. The van der Waals surface area contributed by atoms with Gasteiger partial charge >= 0.3 is 0 Å². The first-order valence-corrected chi connectivity index (χ1v) is 8.17. The number of hydrogen-bond acceptors (Lipinski definition) is 3. The van der Waals surface area contributed by atoms with Crippen molar-refractivity contribution in [1.29, 1.82) is 0 Å². The fraction of sp³-hybridized carbons (Fsp3) is 0.400. The Hall–Kier alpha value is -1.68. The van der Waals surface area contributed by atoms with Crippen LogP contribution in [0.4, 0.5) is 0 Å². The molecule has 0 spiro atoms. The minimum absolute atomic E-state index is 0.377. The maximum atomic E-state index is 10.4. The first-order chi connectivity index (χ1) is 11.2. The van der Waals surface area contributed by atoms with E-state index in [1.54, 1.807) is 7.11 Å². The van der Waals surface area contributed by atoms with E-state index >= 15 is 0 Å². The minimum Gasteiger partial charge on any atom is -0.391 e. The van der Waals surface area contributed by atoms with Gasteiger partial charge in [-0.1, -0.05) is 54.6 Å². The van der Waals surface area contributed by atoms with E-state index in [1.165, 1.54) is 16.7 Å². The smallest absolute Gasteiger partial charge is 0.0707 e. The molecule has 1 atom stereocenters. The second-order valence-electron chi connectivity index (χ2n) is 6.00. The summed E-state index contributed by atoms with van der Waals surface area (Å²) in [4.78, 5) is 2.26. The highest BCUT2D eigenvalue weighted by Gasteiger charge is 2.13. The van der Waals surface area contributed by atoms with Crippen LogP contribution in [0.5, 0.6) is 0 Å². The van der Waals surface area contributed by atoms with Crippen molar-refractivity contribution in [2.24, 2.45) is 0 Å². The molecule has 3 nitrogen and oxygen atoms in total. The minimum atomic E-state index is -0.377. The number of ether oxygens (including phenoxy) is 1. The molecule has 0 aromatic heterocycles. The van der Waals surface area contributed by atoms with Gasteiger partial charge in [0.15, 0.2) is 0 Å². The van der Waals surface area contributed by atoms with Crippen molar-refractivity contribution in [3.63, 3.8) is 0 Å². The van der Waals surface area contributed by atoms with Crippen LogP contribution in [-0.4, -0.2) is 42.9 Å². The fourth-order valence-electron chi connectivity index (χ4n) is 2.73. The van der Waals surface area contributed by atoms with Crippen LogP contribution in [-0.2, 0) is 17.7 Å². The predicted octanol–water partition coefficient (Wildman–Crippen LogP) is 3.05. The van der Waals surface area contributed by atoms with Crippen molar-refractivity contribution in [2.45, 2.75) is 26.0 Å². The molecular formula is C20H27NO2. The molecule has 0 heterocycles. The highest BCUT2D eigenvalue weighted by atomic mass is 16.5. The Labute approximate surface area is 139 Å². The van der Waals surface area contributed by atoms with Gasteiger partial charge in [0.2, 0.25) is 0 Å². The molecular weight excluding hydrogens is 286 g/mol. The van der Waals surface area contributed by atoms with Crippen LogP contribution in [0.2, 0.25) is 0 Å². The van der Waals surface area contributed by atoms with Crippen LogP contribution in [0.15, 0.2) is 54.6 Å². The number of aliphatic hydroxyl groups excluding tert-OH is 1. The number of hydrogen-bond donors (Lipinski definition) is 1. The van der Waals surface area contributed by atoms with Crippen LogP contribution in [0.25, 0.3) is 0 Å². The summed E-state index contributed by atoms with van der Waals surface area (Å²) in [6.07, 6.45) is 0.302. The van der Waals surface area contributed by atoms with Gasteiger partial charge in [-0.3, -0.25) is 4.90 Å². The SMILES string of the molecule is COCCN(Cc1ccccc1C)C[C@H](O)Cc1ccccc1. The van der Waals surface area contributed by atoms with E-state index in [1.807, 2.05) is 18.2 Å². The molecule has 124 valence electrons. The van der Waals surface area contributed by atoms with Gasteiger partial charge in [0.1, 0.15) is 0 Å². The molecule has 23 heavy (non-hydrogen) atoms. The maximum Gasteiger partial charge on any atom is 0.0707 e. The lowest BCUT2D eigenvalue weighted by atomic mass is 10.1. The van der Waals surface area contributed by atoms with Gasteiger partial charge in [0, 0.05) is 26.7 Å². The molecule has 0 aliphatic heterocycles. The highest BCUT2D eigenvalue weighted by molar-refractivity contribution is 5.25. The summed E-state index contributed by atoms with van der Waals surface area (Å²) in [5.41, 5.74) is 3.76. The number of methoxy groups -OCH3 is 1. The van der Waals surface area contributed by atoms with E-state index < -0.39 is 0 Å². The second kappa shape index (κ2) is 9.46. The van der Waals surface area contributed by atoms with E-state index in [0.29, 0.717) is 19.6 Å². The zero-order valence-corrected chi connectivity index (χ0v) is 14.1. The lowest BCUT2D eigenvalue weighted by Gasteiger charge is -2.25. The molecule has 0 radical (unpaired) electrons. The summed E-state index contributed by atoms with van der Waals surface area (Å²) in [5, 5.41) is 10.4. The Morgan fingerprint density at radius 2 is 1.74 bits per heavy atom. The molecule has 1 N–H and O–H groups in total. The number of aryl methyl sites for hydroxylation is 1. The second-order valence-corrected chi connectivity index (χ2v) is 6.00. The van der Waals surface area contributed by atoms with Gasteiger partial charge in [-0.05, 0) is 30.0 Å². The van der Waals surface area contributed by atoms with E-state index in [2.05, 4.69) is 48.2 Å². The van der Waals surface area contributed by atoms with Crippen LogP contribution in [0.1, 0.15) is 16.7 Å². The molecule has 0 saturated heterocycles. The molecule has 2 aromatic rings. The van der Waals surface area contributed by atoms with E-state index in [0.717, 1.165) is 13.1 Å². The monoisotopic (exact) mass is 313 g/mol. The van der Waals surface area contributed by atoms with Gasteiger partial charge < -0.3 is 9.84 Å². The van der Waals surface area contributed by atoms with E-state index in [-0.39, 0.29) is 6.10 Å². The number of nitrogens with zero attached hydrogens (tertiary/aromatic N) is 1. The van der Waals surface area contributed by atoms with Gasteiger partial charge in [0.25, 0.3) is 0 Å². The Morgan fingerprint density at radius 3 is 2.43 bits per heavy atom. The summed E-state index contributed by atoms with van der Waals surface area (Å²) >= 11 is 0. The van der Waals surface area contributed by atoms with Crippen LogP contribution >= 0.6 is 0 Å². The number of rotatable bonds is 9. The average molecular weight is 313 g/mol.